The number of amides is 2. The number of carbonyl (C=O) groups excluding carboxylic acids is 2. The molecule has 0 bridgehead atoms. The summed E-state index contributed by atoms with van der Waals surface area (Å²) in [6.07, 6.45) is 2.16. The fraction of sp³-hybridized carbons (Fsp3) is 0.429. The van der Waals surface area contributed by atoms with E-state index >= 15 is 0 Å². The average molecular weight is 464 g/mol. The fourth-order valence-electron chi connectivity index (χ4n) is 3.73. The zero-order chi connectivity index (χ0) is 22.0. The van der Waals surface area contributed by atoms with E-state index in [0.717, 1.165) is 24.1 Å². The predicted molar refractivity (Wildman–Crippen MR) is 118 cm³/mol. The number of fused-ring (bicyclic) bond motifs is 1. The number of benzene rings is 1. The first-order valence-electron chi connectivity index (χ1n) is 10.3. The number of nitrogens with zero attached hydrogens (tertiary/aromatic N) is 2. The van der Waals surface area contributed by atoms with Crippen LogP contribution in [0.1, 0.15) is 31.1 Å². The van der Waals surface area contributed by atoms with Gasteiger partial charge < -0.3 is 10.1 Å². The number of carbonyl (C=O) groups is 2. The van der Waals surface area contributed by atoms with Gasteiger partial charge in [0.2, 0.25) is 5.91 Å². The number of rotatable bonds is 6. The Labute approximate surface area is 185 Å². The molecule has 1 fully saturated rings. The Morgan fingerprint density at radius 2 is 1.90 bits per heavy atom. The molecule has 0 spiro atoms. The predicted octanol–water partition coefficient (Wildman–Crippen LogP) is 2.35. The van der Waals surface area contributed by atoms with Crippen LogP contribution >= 0.6 is 11.3 Å². The first kappa shape index (κ1) is 21.8. The molecule has 1 saturated heterocycles. The zero-order valence-corrected chi connectivity index (χ0v) is 18.9. The number of thiophene rings is 1. The van der Waals surface area contributed by atoms with Crippen molar-refractivity contribution in [2.75, 3.05) is 24.5 Å². The molecule has 2 aliphatic rings. The molecular weight excluding hydrogens is 438 g/mol. The summed E-state index contributed by atoms with van der Waals surface area (Å²) in [5.41, 5.74) is 0.562. The van der Waals surface area contributed by atoms with Gasteiger partial charge in [0.05, 0.1) is 12.2 Å². The second-order valence-electron chi connectivity index (χ2n) is 7.61. The van der Waals surface area contributed by atoms with Gasteiger partial charge in [0.15, 0.2) is 6.10 Å². The molecule has 2 amide bonds. The summed E-state index contributed by atoms with van der Waals surface area (Å²) in [5, 5.41) is 2.79. The summed E-state index contributed by atoms with van der Waals surface area (Å²) in [4.78, 5) is 27.2. The van der Waals surface area contributed by atoms with Crippen LogP contribution in [-0.4, -0.2) is 50.3 Å². The molecule has 0 saturated carbocycles. The molecule has 1 atom stereocenters. The number of hydrogen-bond donors (Lipinski definition) is 1. The van der Waals surface area contributed by atoms with E-state index in [0.29, 0.717) is 28.7 Å². The fourth-order valence-corrected chi connectivity index (χ4v) is 6.70. The number of ether oxygens (including phenoxy) is 1. The Hall–Kier alpha value is -2.43. The minimum atomic E-state index is -3.48. The first-order valence-corrected chi connectivity index (χ1v) is 12.5. The van der Waals surface area contributed by atoms with Crippen LogP contribution in [0.25, 0.3) is 0 Å². The number of nitrogens with one attached hydrogen (secondary N) is 1. The molecule has 3 heterocycles. The van der Waals surface area contributed by atoms with Gasteiger partial charge in [0, 0.05) is 18.0 Å². The van der Waals surface area contributed by atoms with Gasteiger partial charge in [-0.15, -0.1) is 11.3 Å². The van der Waals surface area contributed by atoms with Gasteiger partial charge in [0.1, 0.15) is 16.5 Å². The molecule has 31 heavy (non-hydrogen) atoms. The molecule has 10 heteroatoms. The summed E-state index contributed by atoms with van der Waals surface area (Å²) in [6.45, 7) is 2.83. The van der Waals surface area contributed by atoms with E-state index in [1.165, 1.54) is 20.5 Å². The normalized spacial score (nSPS) is 19.6. The third kappa shape index (κ3) is 4.60. The summed E-state index contributed by atoms with van der Waals surface area (Å²) in [5.74, 6) is -0.0424. The first-order chi connectivity index (χ1) is 14.9. The molecule has 2 aliphatic heterocycles. The van der Waals surface area contributed by atoms with Gasteiger partial charge in [0.25, 0.3) is 15.9 Å². The van der Waals surface area contributed by atoms with E-state index in [-0.39, 0.29) is 24.9 Å². The van der Waals surface area contributed by atoms with Crippen LogP contribution in [0, 0.1) is 0 Å². The number of piperidine rings is 1. The highest BCUT2D eigenvalue weighted by Gasteiger charge is 2.32. The highest BCUT2D eigenvalue weighted by Crippen LogP contribution is 2.33. The Morgan fingerprint density at radius 3 is 2.68 bits per heavy atom. The molecular formula is C21H25N3O5S2. The summed E-state index contributed by atoms with van der Waals surface area (Å²) >= 11 is 1.17. The van der Waals surface area contributed by atoms with Crippen molar-refractivity contribution in [2.24, 2.45) is 0 Å². The van der Waals surface area contributed by atoms with Crippen molar-refractivity contribution in [2.45, 2.75) is 43.0 Å². The number of sulfonamides is 1. The van der Waals surface area contributed by atoms with Crippen molar-refractivity contribution in [3.63, 3.8) is 0 Å². The van der Waals surface area contributed by atoms with Crippen molar-refractivity contribution in [1.29, 1.82) is 0 Å². The van der Waals surface area contributed by atoms with E-state index in [1.807, 2.05) is 6.07 Å². The third-order valence-corrected chi connectivity index (χ3v) is 8.83. The van der Waals surface area contributed by atoms with Gasteiger partial charge >= 0.3 is 0 Å². The Kier molecular flexibility index (Phi) is 6.31. The molecule has 8 nitrogen and oxygen atoms in total. The minimum absolute atomic E-state index is 0.131. The highest BCUT2D eigenvalue weighted by molar-refractivity contribution is 7.91. The monoisotopic (exact) mass is 463 g/mol. The Balaban J connectivity index is 1.38. The summed E-state index contributed by atoms with van der Waals surface area (Å²) in [7, 11) is -3.48. The van der Waals surface area contributed by atoms with Crippen LogP contribution < -0.4 is 15.0 Å². The van der Waals surface area contributed by atoms with Crippen molar-refractivity contribution >= 4 is 38.9 Å². The highest BCUT2D eigenvalue weighted by atomic mass is 32.2. The zero-order valence-electron chi connectivity index (χ0n) is 17.2. The molecule has 1 aromatic carbocycles. The second kappa shape index (κ2) is 8.97. The smallest absolute Gasteiger partial charge is 0.268 e. The van der Waals surface area contributed by atoms with E-state index in [2.05, 4.69) is 5.32 Å². The Morgan fingerprint density at radius 1 is 1.16 bits per heavy atom. The largest absolute Gasteiger partial charge is 0.479 e. The maximum absolute atomic E-state index is 12.8. The second-order valence-corrected chi connectivity index (χ2v) is 10.9. The molecule has 0 radical (unpaired) electrons. The molecule has 0 aliphatic carbocycles. The van der Waals surface area contributed by atoms with Crippen molar-refractivity contribution in [3.8, 4) is 5.75 Å². The Bertz CT molecular complexity index is 1080. The molecule has 4 rings (SSSR count). The lowest BCUT2D eigenvalue weighted by molar-refractivity contribution is -0.128. The van der Waals surface area contributed by atoms with Crippen molar-refractivity contribution in [3.05, 3.63) is 41.3 Å². The van der Waals surface area contributed by atoms with E-state index in [4.69, 9.17) is 4.74 Å². The molecule has 1 N–H and O–H groups in total. The van der Waals surface area contributed by atoms with Crippen LogP contribution in [0.2, 0.25) is 0 Å². The maximum atomic E-state index is 12.8. The van der Waals surface area contributed by atoms with Gasteiger partial charge in [-0.25, -0.2) is 8.42 Å². The summed E-state index contributed by atoms with van der Waals surface area (Å²) in [6, 6.07) is 10.4. The lowest BCUT2D eigenvalue weighted by atomic mass is 10.2. The van der Waals surface area contributed by atoms with E-state index < -0.39 is 16.1 Å². The number of anilines is 1. The molecule has 1 aromatic heterocycles. The lowest BCUT2D eigenvalue weighted by Gasteiger charge is -2.32. The van der Waals surface area contributed by atoms with Crippen LogP contribution in [0.15, 0.2) is 40.6 Å². The van der Waals surface area contributed by atoms with Gasteiger partial charge in [-0.1, -0.05) is 18.6 Å². The van der Waals surface area contributed by atoms with Crippen LogP contribution in [0.5, 0.6) is 5.75 Å². The quantitative estimate of drug-likeness (QED) is 0.710. The van der Waals surface area contributed by atoms with Crippen molar-refractivity contribution < 1.29 is 22.7 Å². The van der Waals surface area contributed by atoms with Crippen LogP contribution in [0.4, 0.5) is 5.69 Å². The van der Waals surface area contributed by atoms with Crippen LogP contribution in [-0.2, 0) is 26.2 Å². The minimum Gasteiger partial charge on any atom is -0.479 e. The van der Waals surface area contributed by atoms with Gasteiger partial charge in [-0.05, 0) is 44.0 Å². The van der Waals surface area contributed by atoms with E-state index in [9.17, 15) is 18.0 Å². The SMILES string of the molecule is CC1Oc2ccccc2N(CC(=O)NCc2ccc(S(=O)(=O)N3CCCCC3)s2)C1=O. The van der Waals surface area contributed by atoms with Crippen molar-refractivity contribution in [1.82, 2.24) is 9.62 Å². The number of para-hydroxylation sites is 2. The maximum Gasteiger partial charge on any atom is 0.268 e. The molecule has 166 valence electrons. The lowest BCUT2D eigenvalue weighted by Crippen LogP contribution is -2.48. The molecule has 2 aromatic rings. The van der Waals surface area contributed by atoms with Crippen LogP contribution in [0.3, 0.4) is 0 Å². The van der Waals surface area contributed by atoms with Gasteiger partial charge in [-0.3, -0.25) is 14.5 Å². The third-order valence-electron chi connectivity index (χ3n) is 5.38. The summed E-state index contributed by atoms with van der Waals surface area (Å²) < 4.78 is 33.0. The average Bonchev–Trinajstić information content (AvgIpc) is 3.26. The molecule has 1 unspecified atom stereocenters. The van der Waals surface area contributed by atoms with E-state index in [1.54, 1.807) is 37.3 Å². The van der Waals surface area contributed by atoms with Gasteiger partial charge in [-0.2, -0.15) is 4.31 Å². The number of hydrogen-bond acceptors (Lipinski definition) is 6. The standard InChI is InChI=1S/C21H25N3O5S2/c1-15-21(26)24(17-7-3-4-8-18(17)29-15)14-19(25)22-13-16-9-10-20(30-16)31(27,28)23-11-5-2-6-12-23/h3-4,7-10,15H,2,5-6,11-14H2,1H3,(H,22,25). The topological polar surface area (TPSA) is 96.0 Å².